The number of aromatic nitrogens is 3. The molecule has 4 rings (SSSR count). The quantitative estimate of drug-likeness (QED) is 0.103. The number of carbonyl (C=O) groups is 3. The molecule has 34 heavy (non-hydrogen) atoms. The van der Waals surface area contributed by atoms with Gasteiger partial charge >= 0.3 is 0 Å². The SMILES string of the molecule is C=CCON=C(C(=O)NC1C(=O)N2C(C(=O)[O-])=C(C[n+]3ccccc3)CS[C@H]12)c1nsc(N)n1. The molecule has 1 fully saturated rings. The van der Waals surface area contributed by atoms with Crippen molar-refractivity contribution in [1.82, 2.24) is 19.6 Å². The third kappa shape index (κ3) is 4.63. The van der Waals surface area contributed by atoms with Gasteiger partial charge in [0.15, 0.2) is 24.1 Å². The lowest BCUT2D eigenvalue weighted by Gasteiger charge is -2.50. The predicted octanol–water partition coefficient (Wildman–Crippen LogP) is -1.58. The van der Waals surface area contributed by atoms with Crippen molar-refractivity contribution >= 4 is 51.9 Å². The lowest BCUT2D eigenvalue weighted by molar-refractivity contribution is -0.689. The molecule has 2 aromatic heterocycles. The van der Waals surface area contributed by atoms with E-state index in [0.717, 1.165) is 16.4 Å². The summed E-state index contributed by atoms with van der Waals surface area (Å²) >= 11 is 2.21. The van der Waals surface area contributed by atoms with Crippen LogP contribution in [0.2, 0.25) is 0 Å². The summed E-state index contributed by atoms with van der Waals surface area (Å²) in [5.74, 6) is -2.49. The number of pyridine rings is 1. The molecule has 0 radical (unpaired) electrons. The second-order valence-corrected chi connectivity index (χ2v) is 9.02. The van der Waals surface area contributed by atoms with Crippen LogP contribution in [0.1, 0.15) is 5.82 Å². The van der Waals surface area contributed by atoms with E-state index in [1.54, 1.807) is 17.0 Å². The number of hydrogen-bond donors (Lipinski definition) is 2. The first-order valence-electron chi connectivity index (χ1n) is 9.94. The highest BCUT2D eigenvalue weighted by Gasteiger charge is 2.53. The molecule has 2 aliphatic heterocycles. The van der Waals surface area contributed by atoms with E-state index in [1.165, 1.54) is 17.8 Å². The number of nitrogens with two attached hydrogens (primary N) is 1. The van der Waals surface area contributed by atoms with E-state index >= 15 is 0 Å². The molecule has 2 aliphatic rings. The predicted molar refractivity (Wildman–Crippen MR) is 121 cm³/mol. The summed E-state index contributed by atoms with van der Waals surface area (Å²) in [6.45, 7) is 3.83. The summed E-state index contributed by atoms with van der Waals surface area (Å²) in [7, 11) is 0. The van der Waals surface area contributed by atoms with E-state index in [-0.39, 0.29) is 29.0 Å². The van der Waals surface area contributed by atoms with Crippen molar-refractivity contribution in [2.45, 2.75) is 18.0 Å². The fourth-order valence-electron chi connectivity index (χ4n) is 3.43. The Kier molecular flexibility index (Phi) is 6.88. The molecule has 3 N–H and O–H groups in total. The molecule has 0 bridgehead atoms. The van der Waals surface area contributed by atoms with Crippen LogP contribution in [-0.2, 0) is 25.8 Å². The van der Waals surface area contributed by atoms with Gasteiger partial charge in [-0.1, -0.05) is 23.9 Å². The molecule has 0 spiro atoms. The molecule has 0 aromatic carbocycles. The molecule has 0 aliphatic carbocycles. The van der Waals surface area contributed by atoms with E-state index in [1.807, 2.05) is 18.2 Å². The number of oxime groups is 1. The summed E-state index contributed by atoms with van der Waals surface area (Å²) in [5.41, 5.74) is 5.70. The van der Waals surface area contributed by atoms with Gasteiger partial charge in [0.1, 0.15) is 18.0 Å². The van der Waals surface area contributed by atoms with Crippen molar-refractivity contribution in [2.24, 2.45) is 5.16 Å². The maximum atomic E-state index is 12.9. The third-order valence-electron chi connectivity index (χ3n) is 4.89. The second kappa shape index (κ2) is 10.0. The van der Waals surface area contributed by atoms with Crippen LogP contribution < -0.4 is 20.7 Å². The second-order valence-electron chi connectivity index (χ2n) is 7.13. The molecule has 176 valence electrons. The van der Waals surface area contributed by atoms with Gasteiger partial charge in [-0.3, -0.25) is 14.5 Å². The van der Waals surface area contributed by atoms with Gasteiger partial charge in [-0.2, -0.15) is 9.36 Å². The number of nitrogens with zero attached hydrogens (tertiary/aromatic N) is 5. The summed E-state index contributed by atoms with van der Waals surface area (Å²) < 4.78 is 5.77. The fraction of sp³-hybridized carbons (Fsp3) is 0.250. The van der Waals surface area contributed by atoms with Gasteiger partial charge in [0.25, 0.3) is 11.8 Å². The smallest absolute Gasteiger partial charge is 0.278 e. The van der Waals surface area contributed by atoms with Gasteiger partial charge < -0.3 is 25.8 Å². The zero-order valence-corrected chi connectivity index (χ0v) is 19.3. The monoisotopic (exact) mass is 501 g/mol. The number of β-lactam (4-membered cyclic amide) rings is 1. The molecule has 2 aromatic rings. The van der Waals surface area contributed by atoms with Crippen molar-refractivity contribution in [3.8, 4) is 0 Å². The molecule has 14 heteroatoms. The van der Waals surface area contributed by atoms with Crippen LogP contribution in [0.4, 0.5) is 5.13 Å². The highest BCUT2D eigenvalue weighted by Crippen LogP contribution is 2.40. The molecule has 12 nitrogen and oxygen atoms in total. The van der Waals surface area contributed by atoms with E-state index in [0.29, 0.717) is 17.9 Å². The topological polar surface area (TPSA) is 167 Å². The van der Waals surface area contributed by atoms with Crippen LogP contribution in [-0.4, -0.2) is 61.5 Å². The number of carboxylic acids is 1. The van der Waals surface area contributed by atoms with Crippen LogP contribution in [0.25, 0.3) is 0 Å². The summed E-state index contributed by atoms with van der Waals surface area (Å²) in [5, 5.41) is 17.8. The van der Waals surface area contributed by atoms with Gasteiger partial charge in [0.05, 0.1) is 11.7 Å². The highest BCUT2D eigenvalue weighted by molar-refractivity contribution is 8.00. The number of amides is 2. The molecule has 0 saturated carbocycles. The number of nitrogen functional groups attached to an aromatic ring is 1. The first-order valence-corrected chi connectivity index (χ1v) is 11.8. The van der Waals surface area contributed by atoms with Gasteiger partial charge in [0, 0.05) is 35.0 Å². The van der Waals surface area contributed by atoms with E-state index in [2.05, 4.69) is 26.4 Å². The number of nitrogens with one attached hydrogen (secondary N) is 1. The number of anilines is 1. The zero-order valence-electron chi connectivity index (χ0n) is 17.6. The van der Waals surface area contributed by atoms with Crippen LogP contribution in [0, 0.1) is 0 Å². The van der Waals surface area contributed by atoms with E-state index in [4.69, 9.17) is 10.6 Å². The van der Waals surface area contributed by atoms with Crippen molar-refractivity contribution in [3.05, 3.63) is 60.3 Å². The van der Waals surface area contributed by atoms with Crippen LogP contribution in [0.3, 0.4) is 0 Å². The van der Waals surface area contributed by atoms with Gasteiger partial charge in [-0.25, -0.2) is 4.57 Å². The Morgan fingerprint density at radius 1 is 1.41 bits per heavy atom. The van der Waals surface area contributed by atoms with Crippen LogP contribution >= 0.6 is 23.3 Å². The number of rotatable bonds is 9. The number of hydrogen-bond acceptors (Lipinski definition) is 11. The molecular formula is C20H19N7O5S2. The Balaban J connectivity index is 1.53. The Morgan fingerprint density at radius 2 is 2.18 bits per heavy atom. The molecule has 4 heterocycles. The minimum atomic E-state index is -1.45. The zero-order chi connectivity index (χ0) is 24.2. The van der Waals surface area contributed by atoms with Gasteiger partial charge in [0.2, 0.25) is 11.5 Å². The number of fused-ring (bicyclic) bond motifs is 1. The first kappa shape index (κ1) is 23.4. The third-order valence-corrected chi connectivity index (χ3v) is 6.78. The molecular weight excluding hydrogens is 482 g/mol. The summed E-state index contributed by atoms with van der Waals surface area (Å²) in [6, 6.07) is 4.51. The summed E-state index contributed by atoms with van der Waals surface area (Å²) in [4.78, 5) is 47.8. The number of carboxylic acid groups (broad SMARTS) is 1. The maximum absolute atomic E-state index is 12.9. The fourth-order valence-corrected chi connectivity index (χ4v) is 5.20. The normalized spacial score (nSPS) is 19.8. The molecule has 1 unspecified atom stereocenters. The van der Waals surface area contributed by atoms with Crippen LogP contribution in [0.5, 0.6) is 0 Å². The Hall–Kier alpha value is -3.78. The maximum Gasteiger partial charge on any atom is 0.278 e. The number of carbonyl (C=O) groups excluding carboxylic acids is 3. The van der Waals surface area contributed by atoms with Crippen molar-refractivity contribution < 1.29 is 28.9 Å². The number of thioether (sulfide) groups is 1. The largest absolute Gasteiger partial charge is 0.543 e. The summed E-state index contributed by atoms with van der Waals surface area (Å²) in [6.07, 6.45) is 5.03. The van der Waals surface area contributed by atoms with Crippen LogP contribution in [0.15, 0.2) is 59.7 Å². The molecule has 1 saturated heterocycles. The lowest BCUT2D eigenvalue weighted by atomic mass is 10.0. The molecule has 2 atom stereocenters. The minimum Gasteiger partial charge on any atom is -0.543 e. The highest BCUT2D eigenvalue weighted by atomic mass is 32.2. The Labute approximate surface area is 202 Å². The van der Waals surface area contributed by atoms with E-state index < -0.39 is 29.2 Å². The minimum absolute atomic E-state index is 0.0347. The number of aliphatic carboxylic acids is 1. The Morgan fingerprint density at radius 3 is 2.82 bits per heavy atom. The van der Waals surface area contributed by atoms with Crippen molar-refractivity contribution in [1.29, 1.82) is 0 Å². The molecule has 2 amide bonds. The average molecular weight is 502 g/mol. The van der Waals surface area contributed by atoms with Crippen molar-refractivity contribution in [3.63, 3.8) is 0 Å². The lowest BCUT2D eigenvalue weighted by Crippen LogP contribution is -2.71. The average Bonchev–Trinajstić information content (AvgIpc) is 3.26. The van der Waals surface area contributed by atoms with Gasteiger partial charge in [-0.15, -0.1) is 11.8 Å². The van der Waals surface area contributed by atoms with Crippen molar-refractivity contribution in [2.75, 3.05) is 18.1 Å². The Bertz CT molecular complexity index is 1200. The standard InChI is InChI=1S/C20H19N7O5S2/c1-2-8-32-24-12(15-23-20(21)34-25-15)16(28)22-13-17(29)27-14(19(30)31)11(10-33-18(13)27)9-26-6-4-3-5-7-26/h2-7,13,18H,1,8-10H2,(H3-,21,22,23,25,28,30,31)/t13?,18-/m1/s1. The van der Waals surface area contributed by atoms with Gasteiger partial charge in [-0.05, 0) is 0 Å². The van der Waals surface area contributed by atoms with E-state index in [9.17, 15) is 19.5 Å². The first-order chi connectivity index (χ1) is 16.4.